The summed E-state index contributed by atoms with van der Waals surface area (Å²) in [5.41, 5.74) is 0.841. The van der Waals surface area contributed by atoms with Crippen molar-refractivity contribution in [2.24, 2.45) is 0 Å². The smallest absolute Gasteiger partial charge is 0.244 e. The van der Waals surface area contributed by atoms with Gasteiger partial charge in [0.15, 0.2) is 0 Å². The number of nitrogens with one attached hydrogen (secondary N) is 1. The van der Waals surface area contributed by atoms with Gasteiger partial charge < -0.3 is 14.8 Å². The average molecular weight is 428 g/mol. The molecular formula is C20H25N7O2S. The molecule has 0 saturated carbocycles. The summed E-state index contributed by atoms with van der Waals surface area (Å²) in [5.74, 6) is 1.72. The van der Waals surface area contributed by atoms with Crippen molar-refractivity contribution in [3.8, 4) is 0 Å². The quantitative estimate of drug-likeness (QED) is 0.663. The Balaban J connectivity index is 1.31. The number of rotatable bonds is 5. The zero-order chi connectivity index (χ0) is 20.7. The maximum atomic E-state index is 12.7. The van der Waals surface area contributed by atoms with Crippen molar-refractivity contribution in [1.29, 1.82) is 0 Å². The predicted molar refractivity (Wildman–Crippen MR) is 115 cm³/mol. The summed E-state index contributed by atoms with van der Waals surface area (Å²) in [6.45, 7) is 2.91. The third kappa shape index (κ3) is 3.29. The van der Waals surface area contributed by atoms with Gasteiger partial charge in [0.25, 0.3) is 0 Å². The summed E-state index contributed by atoms with van der Waals surface area (Å²) in [7, 11) is -1.42. The lowest BCUT2D eigenvalue weighted by atomic mass is 10.2. The second-order valence-electron chi connectivity index (χ2n) is 7.90. The van der Waals surface area contributed by atoms with Gasteiger partial charge in [-0.05, 0) is 37.5 Å². The summed E-state index contributed by atoms with van der Waals surface area (Å²) in [6, 6.07) is 5.75. The third-order valence-electron chi connectivity index (χ3n) is 6.13. The van der Waals surface area contributed by atoms with E-state index < -0.39 is 10.0 Å². The Morgan fingerprint density at radius 2 is 1.93 bits per heavy atom. The number of H-pyrrole nitrogens is 1. The molecule has 5 heterocycles. The van der Waals surface area contributed by atoms with E-state index >= 15 is 0 Å². The van der Waals surface area contributed by atoms with Crippen molar-refractivity contribution in [2.45, 2.75) is 30.2 Å². The van der Waals surface area contributed by atoms with Crippen LogP contribution in [0.25, 0.3) is 11.0 Å². The van der Waals surface area contributed by atoms with Crippen LogP contribution in [0.2, 0.25) is 0 Å². The molecular weight excluding hydrogens is 402 g/mol. The van der Waals surface area contributed by atoms with Gasteiger partial charge in [0, 0.05) is 51.7 Å². The fraction of sp³-hybridized carbons (Fsp3) is 0.450. The lowest BCUT2D eigenvalue weighted by Gasteiger charge is -2.26. The number of fused-ring (bicyclic) bond motifs is 1. The molecule has 0 aliphatic carbocycles. The van der Waals surface area contributed by atoms with E-state index in [9.17, 15) is 8.42 Å². The summed E-state index contributed by atoms with van der Waals surface area (Å²) >= 11 is 0. The van der Waals surface area contributed by atoms with Crippen molar-refractivity contribution in [3.05, 3.63) is 36.9 Å². The van der Waals surface area contributed by atoms with Crippen LogP contribution in [0.1, 0.15) is 19.3 Å². The van der Waals surface area contributed by atoms with E-state index in [-0.39, 0.29) is 10.9 Å². The zero-order valence-corrected chi connectivity index (χ0v) is 17.7. The predicted octanol–water partition coefficient (Wildman–Crippen LogP) is 1.85. The number of likely N-dealkylation sites (N-methyl/N-ethyl adjacent to an activating group) is 1. The highest BCUT2D eigenvalue weighted by molar-refractivity contribution is 7.89. The highest BCUT2D eigenvalue weighted by Crippen LogP contribution is 2.28. The molecule has 9 nitrogen and oxygen atoms in total. The molecule has 5 rings (SSSR count). The van der Waals surface area contributed by atoms with E-state index in [2.05, 4.69) is 29.7 Å². The van der Waals surface area contributed by atoms with Crippen LogP contribution < -0.4 is 9.80 Å². The maximum Gasteiger partial charge on any atom is 0.244 e. The first-order chi connectivity index (χ1) is 14.5. The second kappa shape index (κ2) is 7.51. The first-order valence-corrected chi connectivity index (χ1v) is 11.7. The first-order valence-electron chi connectivity index (χ1n) is 10.3. The van der Waals surface area contributed by atoms with Crippen molar-refractivity contribution < 1.29 is 8.42 Å². The Hall–Kier alpha value is -2.72. The van der Waals surface area contributed by atoms with Crippen LogP contribution in [0.4, 0.5) is 11.6 Å². The minimum atomic E-state index is -3.43. The summed E-state index contributed by atoms with van der Waals surface area (Å²) in [5, 5.41) is 1.02. The number of aromatic amines is 1. The van der Waals surface area contributed by atoms with E-state index in [1.165, 1.54) is 6.20 Å². The van der Waals surface area contributed by atoms with Crippen LogP contribution >= 0.6 is 0 Å². The van der Waals surface area contributed by atoms with Crippen LogP contribution in [-0.4, -0.2) is 71.9 Å². The SMILES string of the molecule is CN(c1ccc(S(=O)(=O)N2CCCC2)cn1)[C@@H]1CCN(c2ncnc3[nH]ccc23)C1. The van der Waals surface area contributed by atoms with E-state index in [4.69, 9.17) is 0 Å². The molecule has 0 unspecified atom stereocenters. The summed E-state index contributed by atoms with van der Waals surface area (Å²) in [6.07, 6.45) is 7.78. The molecule has 0 amide bonds. The Morgan fingerprint density at radius 1 is 1.10 bits per heavy atom. The number of aromatic nitrogens is 4. The van der Waals surface area contributed by atoms with Gasteiger partial charge >= 0.3 is 0 Å². The van der Waals surface area contributed by atoms with Crippen molar-refractivity contribution in [1.82, 2.24) is 24.2 Å². The fourth-order valence-electron chi connectivity index (χ4n) is 4.36. The van der Waals surface area contributed by atoms with Gasteiger partial charge in [-0.15, -0.1) is 0 Å². The Bertz CT molecular complexity index is 1140. The molecule has 2 aliphatic heterocycles. The molecule has 1 atom stereocenters. The molecule has 2 saturated heterocycles. The van der Waals surface area contributed by atoms with E-state index in [0.717, 1.165) is 55.0 Å². The lowest BCUT2D eigenvalue weighted by Crippen LogP contribution is -2.35. The normalized spacial score (nSPS) is 20.3. The Morgan fingerprint density at radius 3 is 2.70 bits per heavy atom. The van der Waals surface area contributed by atoms with Gasteiger partial charge in [-0.25, -0.2) is 23.4 Å². The standard InChI is InChI=1S/C20H25N7O2S/c1-25(18-5-4-16(12-22-18)30(28,29)27-9-2-3-10-27)15-7-11-26(13-15)20-17-6-8-21-19(17)23-14-24-20/h4-6,8,12,14-15H,2-3,7,9-11,13H2,1H3,(H,21,23,24)/t15-/m1/s1. The second-order valence-corrected chi connectivity index (χ2v) is 9.84. The minimum Gasteiger partial charge on any atom is -0.355 e. The average Bonchev–Trinajstić information content (AvgIpc) is 3.54. The Kier molecular flexibility index (Phi) is 4.82. The van der Waals surface area contributed by atoms with Crippen LogP contribution in [0.3, 0.4) is 0 Å². The van der Waals surface area contributed by atoms with Gasteiger partial charge in [0.05, 0.1) is 5.39 Å². The highest BCUT2D eigenvalue weighted by atomic mass is 32.2. The Labute approximate surface area is 175 Å². The lowest BCUT2D eigenvalue weighted by molar-refractivity contribution is 0.477. The topological polar surface area (TPSA) is 98.3 Å². The summed E-state index contributed by atoms with van der Waals surface area (Å²) < 4.78 is 27.0. The fourth-order valence-corrected chi connectivity index (χ4v) is 5.82. The number of sulfonamides is 1. The van der Waals surface area contributed by atoms with Crippen LogP contribution in [0.5, 0.6) is 0 Å². The van der Waals surface area contributed by atoms with Gasteiger partial charge in [0.1, 0.15) is 28.5 Å². The number of pyridine rings is 1. The van der Waals surface area contributed by atoms with Crippen molar-refractivity contribution in [2.75, 3.05) is 43.0 Å². The number of hydrogen-bond donors (Lipinski definition) is 1. The molecule has 1 N–H and O–H groups in total. The third-order valence-corrected chi connectivity index (χ3v) is 8.01. The van der Waals surface area contributed by atoms with Crippen LogP contribution in [-0.2, 0) is 10.0 Å². The highest BCUT2D eigenvalue weighted by Gasteiger charge is 2.30. The number of anilines is 2. The van der Waals surface area contributed by atoms with Crippen LogP contribution in [0.15, 0.2) is 41.8 Å². The molecule has 0 bridgehead atoms. The molecule has 3 aromatic heterocycles. The van der Waals surface area contributed by atoms with Crippen molar-refractivity contribution >= 4 is 32.7 Å². The van der Waals surface area contributed by atoms with Crippen LogP contribution in [0, 0.1) is 0 Å². The molecule has 2 fully saturated rings. The van der Waals surface area contributed by atoms with Gasteiger partial charge in [-0.3, -0.25) is 0 Å². The largest absolute Gasteiger partial charge is 0.355 e. The van der Waals surface area contributed by atoms with Crippen molar-refractivity contribution in [3.63, 3.8) is 0 Å². The van der Waals surface area contributed by atoms with E-state index in [1.54, 1.807) is 22.8 Å². The molecule has 0 radical (unpaired) electrons. The molecule has 2 aliphatic rings. The van der Waals surface area contributed by atoms with E-state index in [0.29, 0.717) is 13.1 Å². The summed E-state index contributed by atoms with van der Waals surface area (Å²) in [4.78, 5) is 21.0. The van der Waals surface area contributed by atoms with Gasteiger partial charge in [0.2, 0.25) is 10.0 Å². The molecule has 10 heteroatoms. The molecule has 0 aromatic carbocycles. The van der Waals surface area contributed by atoms with Gasteiger partial charge in [-0.2, -0.15) is 4.31 Å². The van der Waals surface area contributed by atoms with E-state index in [1.807, 2.05) is 19.3 Å². The first kappa shape index (κ1) is 19.3. The molecule has 30 heavy (non-hydrogen) atoms. The number of hydrogen-bond acceptors (Lipinski definition) is 7. The molecule has 0 spiro atoms. The molecule has 158 valence electrons. The minimum absolute atomic E-state index is 0.266. The monoisotopic (exact) mass is 427 g/mol. The zero-order valence-electron chi connectivity index (χ0n) is 16.9. The number of nitrogens with zero attached hydrogens (tertiary/aromatic N) is 6. The molecule has 3 aromatic rings. The van der Waals surface area contributed by atoms with Gasteiger partial charge in [-0.1, -0.05) is 0 Å². The maximum absolute atomic E-state index is 12.7.